The van der Waals surface area contributed by atoms with Crippen molar-refractivity contribution in [3.05, 3.63) is 12.2 Å². The number of hydrogen-bond donors (Lipinski definition) is 1. The van der Waals surface area contributed by atoms with Crippen LogP contribution in [0.5, 0.6) is 0 Å². The van der Waals surface area contributed by atoms with Crippen LogP contribution in [-0.4, -0.2) is 29.2 Å². The van der Waals surface area contributed by atoms with E-state index >= 15 is 0 Å². The number of hydrogen-bond acceptors (Lipinski definition) is 2. The molecule has 0 saturated heterocycles. The summed E-state index contributed by atoms with van der Waals surface area (Å²) in [6, 6.07) is 0. The molecule has 0 aliphatic rings. The van der Waals surface area contributed by atoms with E-state index in [0.717, 1.165) is 0 Å². The zero-order chi connectivity index (χ0) is 11.3. The second kappa shape index (κ2) is 6.04. The standard InChI is InChI=1S/C10H17ClO3/c1-6(2)5-14-9(8(4)11)7(3)10(12)13/h6,8-9H,3,5H2,1-2,4H3,(H,12,13). The molecule has 0 saturated carbocycles. The molecule has 0 aliphatic carbocycles. The second-order valence-corrected chi connectivity index (χ2v) is 4.34. The molecule has 3 nitrogen and oxygen atoms in total. The summed E-state index contributed by atoms with van der Waals surface area (Å²) in [5, 5.41) is 8.34. The van der Waals surface area contributed by atoms with Gasteiger partial charge in [-0.25, -0.2) is 4.79 Å². The van der Waals surface area contributed by atoms with E-state index in [1.165, 1.54) is 0 Å². The summed E-state index contributed by atoms with van der Waals surface area (Å²) in [7, 11) is 0. The first kappa shape index (κ1) is 13.5. The van der Waals surface area contributed by atoms with Gasteiger partial charge in [0.05, 0.1) is 11.0 Å². The van der Waals surface area contributed by atoms with Gasteiger partial charge in [0.1, 0.15) is 6.10 Å². The molecule has 0 spiro atoms. The Kier molecular flexibility index (Phi) is 5.81. The van der Waals surface area contributed by atoms with Crippen LogP contribution in [0.15, 0.2) is 12.2 Å². The highest BCUT2D eigenvalue weighted by Gasteiger charge is 2.24. The van der Waals surface area contributed by atoms with E-state index < -0.39 is 17.5 Å². The van der Waals surface area contributed by atoms with Crippen molar-refractivity contribution in [2.24, 2.45) is 5.92 Å². The van der Waals surface area contributed by atoms with Gasteiger partial charge in [-0.2, -0.15) is 0 Å². The van der Waals surface area contributed by atoms with Crippen molar-refractivity contribution >= 4 is 17.6 Å². The molecule has 1 N–H and O–H groups in total. The lowest BCUT2D eigenvalue weighted by atomic mass is 10.1. The first-order valence-electron chi connectivity index (χ1n) is 4.54. The Bertz CT molecular complexity index is 211. The Morgan fingerprint density at radius 1 is 1.50 bits per heavy atom. The monoisotopic (exact) mass is 220 g/mol. The molecule has 0 aromatic rings. The fourth-order valence-electron chi connectivity index (χ4n) is 0.928. The highest BCUT2D eigenvalue weighted by molar-refractivity contribution is 6.21. The number of carbonyl (C=O) groups is 1. The minimum absolute atomic E-state index is 0.00755. The highest BCUT2D eigenvalue weighted by atomic mass is 35.5. The summed E-state index contributed by atoms with van der Waals surface area (Å²) in [4.78, 5) is 10.7. The molecular weight excluding hydrogens is 204 g/mol. The Morgan fingerprint density at radius 2 is 2.00 bits per heavy atom. The van der Waals surface area contributed by atoms with Gasteiger partial charge in [-0.1, -0.05) is 20.4 Å². The van der Waals surface area contributed by atoms with Crippen molar-refractivity contribution in [3.63, 3.8) is 0 Å². The van der Waals surface area contributed by atoms with Crippen LogP contribution in [0.2, 0.25) is 0 Å². The number of ether oxygens (including phenoxy) is 1. The molecule has 0 radical (unpaired) electrons. The normalized spacial score (nSPS) is 15.2. The molecule has 0 rings (SSSR count). The van der Waals surface area contributed by atoms with E-state index in [1.807, 2.05) is 13.8 Å². The fraction of sp³-hybridized carbons (Fsp3) is 0.700. The summed E-state index contributed by atoms with van der Waals surface area (Å²) in [5.74, 6) is -0.722. The van der Waals surface area contributed by atoms with Crippen LogP contribution in [0.25, 0.3) is 0 Å². The number of halogens is 1. The highest BCUT2D eigenvalue weighted by Crippen LogP contribution is 2.15. The van der Waals surface area contributed by atoms with Crippen LogP contribution >= 0.6 is 11.6 Å². The van der Waals surface area contributed by atoms with Gasteiger partial charge in [-0.3, -0.25) is 0 Å². The molecule has 0 fully saturated rings. The predicted octanol–water partition coefficient (Wildman–Crippen LogP) is 2.30. The van der Waals surface area contributed by atoms with Crippen LogP contribution in [0, 0.1) is 5.92 Å². The molecule has 4 heteroatoms. The summed E-state index contributed by atoms with van der Waals surface area (Å²) in [6.07, 6.45) is -0.614. The fourth-order valence-corrected chi connectivity index (χ4v) is 1.15. The van der Waals surface area contributed by atoms with Crippen molar-refractivity contribution in [2.75, 3.05) is 6.61 Å². The molecular formula is C10H17ClO3. The van der Waals surface area contributed by atoms with Crippen LogP contribution in [0.4, 0.5) is 0 Å². The van der Waals surface area contributed by atoms with E-state index in [4.69, 9.17) is 21.4 Å². The number of carboxylic acid groups (broad SMARTS) is 1. The van der Waals surface area contributed by atoms with Gasteiger partial charge in [-0.05, 0) is 12.8 Å². The Labute approximate surface area is 89.7 Å². The van der Waals surface area contributed by atoms with Crippen molar-refractivity contribution in [1.29, 1.82) is 0 Å². The largest absolute Gasteiger partial charge is 0.478 e. The van der Waals surface area contributed by atoms with Gasteiger partial charge in [0, 0.05) is 6.61 Å². The van der Waals surface area contributed by atoms with E-state index in [9.17, 15) is 4.79 Å². The Morgan fingerprint density at radius 3 is 2.29 bits per heavy atom. The lowest BCUT2D eigenvalue weighted by Crippen LogP contribution is -2.29. The van der Waals surface area contributed by atoms with Gasteiger partial charge >= 0.3 is 5.97 Å². The minimum atomic E-state index is -1.06. The molecule has 2 atom stereocenters. The quantitative estimate of drug-likeness (QED) is 0.552. The van der Waals surface area contributed by atoms with Crippen molar-refractivity contribution in [3.8, 4) is 0 Å². The number of alkyl halides is 1. The summed E-state index contributed by atoms with van der Waals surface area (Å²) in [5.41, 5.74) is 0.00755. The number of carboxylic acids is 1. The summed E-state index contributed by atoms with van der Waals surface area (Å²) >= 11 is 5.82. The Hall–Kier alpha value is -0.540. The molecule has 2 unspecified atom stereocenters. The predicted molar refractivity (Wildman–Crippen MR) is 56.7 cm³/mol. The first-order valence-corrected chi connectivity index (χ1v) is 4.97. The maximum Gasteiger partial charge on any atom is 0.333 e. The van der Waals surface area contributed by atoms with Crippen molar-refractivity contribution in [2.45, 2.75) is 32.3 Å². The topological polar surface area (TPSA) is 46.5 Å². The maximum absolute atomic E-state index is 10.7. The van der Waals surface area contributed by atoms with Gasteiger partial charge in [0.15, 0.2) is 0 Å². The molecule has 0 aromatic heterocycles. The molecule has 82 valence electrons. The molecule has 0 amide bonds. The summed E-state index contributed by atoms with van der Waals surface area (Å²) in [6.45, 7) is 9.59. The number of rotatable bonds is 6. The maximum atomic E-state index is 10.7. The SMILES string of the molecule is C=C(C(=O)O)C(OCC(C)C)C(C)Cl. The Balaban J connectivity index is 4.30. The van der Waals surface area contributed by atoms with Crippen molar-refractivity contribution in [1.82, 2.24) is 0 Å². The van der Waals surface area contributed by atoms with Gasteiger partial charge in [0.2, 0.25) is 0 Å². The minimum Gasteiger partial charge on any atom is -0.478 e. The third kappa shape index (κ3) is 4.63. The lowest BCUT2D eigenvalue weighted by molar-refractivity contribution is -0.134. The summed E-state index contributed by atoms with van der Waals surface area (Å²) < 4.78 is 5.38. The van der Waals surface area contributed by atoms with Gasteiger partial charge in [0.25, 0.3) is 0 Å². The average Bonchev–Trinajstić information content (AvgIpc) is 2.02. The number of aliphatic carboxylic acids is 1. The van der Waals surface area contributed by atoms with Crippen molar-refractivity contribution < 1.29 is 14.6 Å². The van der Waals surface area contributed by atoms with E-state index in [-0.39, 0.29) is 5.57 Å². The third-order valence-electron chi connectivity index (χ3n) is 1.64. The average molecular weight is 221 g/mol. The van der Waals surface area contributed by atoms with Crippen LogP contribution in [-0.2, 0) is 9.53 Å². The zero-order valence-corrected chi connectivity index (χ0v) is 9.54. The van der Waals surface area contributed by atoms with Crippen LogP contribution < -0.4 is 0 Å². The molecule has 0 heterocycles. The van der Waals surface area contributed by atoms with Gasteiger partial charge < -0.3 is 9.84 Å². The zero-order valence-electron chi connectivity index (χ0n) is 8.79. The molecule has 0 aliphatic heterocycles. The molecule has 0 bridgehead atoms. The first-order chi connectivity index (χ1) is 6.36. The molecule has 14 heavy (non-hydrogen) atoms. The molecule has 0 aromatic carbocycles. The third-order valence-corrected chi connectivity index (χ3v) is 1.87. The lowest BCUT2D eigenvalue weighted by Gasteiger charge is -2.21. The smallest absolute Gasteiger partial charge is 0.333 e. The van der Waals surface area contributed by atoms with E-state index in [0.29, 0.717) is 12.5 Å². The second-order valence-electron chi connectivity index (χ2n) is 3.66. The van der Waals surface area contributed by atoms with E-state index in [2.05, 4.69) is 6.58 Å². The van der Waals surface area contributed by atoms with Crippen LogP contribution in [0.1, 0.15) is 20.8 Å². The van der Waals surface area contributed by atoms with E-state index in [1.54, 1.807) is 6.92 Å². The van der Waals surface area contributed by atoms with Crippen LogP contribution in [0.3, 0.4) is 0 Å². The van der Waals surface area contributed by atoms with Gasteiger partial charge in [-0.15, -0.1) is 11.6 Å².